The summed E-state index contributed by atoms with van der Waals surface area (Å²) in [6.45, 7) is 3.57. The van der Waals surface area contributed by atoms with Crippen molar-refractivity contribution in [3.8, 4) is 23.0 Å². The Labute approximate surface area is 196 Å². The Bertz CT molecular complexity index is 1130. The van der Waals surface area contributed by atoms with Gasteiger partial charge in [0.25, 0.3) is 0 Å². The molecule has 0 aliphatic heterocycles. The molecule has 0 saturated heterocycles. The van der Waals surface area contributed by atoms with Crippen molar-refractivity contribution in [2.75, 3.05) is 6.61 Å². The summed E-state index contributed by atoms with van der Waals surface area (Å²) < 4.78 is 46.1. The van der Waals surface area contributed by atoms with E-state index in [0.29, 0.717) is 35.5 Å². The molecular weight excluding hydrogens is 442 g/mol. The van der Waals surface area contributed by atoms with Crippen LogP contribution in [0.3, 0.4) is 0 Å². The average Bonchev–Trinajstić information content (AvgIpc) is 3.62. The highest BCUT2D eigenvalue weighted by Crippen LogP contribution is 2.32. The van der Waals surface area contributed by atoms with Crippen molar-refractivity contribution in [3.63, 3.8) is 0 Å². The molecule has 34 heavy (non-hydrogen) atoms. The number of carbonyl (C=O) groups is 1. The van der Waals surface area contributed by atoms with Gasteiger partial charge < -0.3 is 19.5 Å². The normalized spacial score (nSPS) is 13.8. The van der Waals surface area contributed by atoms with Crippen LogP contribution in [0.1, 0.15) is 44.0 Å². The molecule has 3 aromatic rings. The van der Waals surface area contributed by atoms with Crippen molar-refractivity contribution in [2.45, 2.75) is 39.3 Å². The van der Waals surface area contributed by atoms with Crippen LogP contribution in [0.4, 0.5) is 8.78 Å². The van der Waals surface area contributed by atoms with E-state index in [9.17, 15) is 13.6 Å². The zero-order chi connectivity index (χ0) is 24.1. The number of benzene rings is 2. The third-order valence-corrected chi connectivity index (χ3v) is 5.34. The first-order valence-electron chi connectivity index (χ1n) is 11.1. The lowest BCUT2D eigenvalue weighted by Gasteiger charge is -2.13. The molecule has 1 saturated carbocycles. The molecule has 0 radical (unpaired) electrons. The Morgan fingerprint density at radius 3 is 2.41 bits per heavy atom. The van der Waals surface area contributed by atoms with Crippen molar-refractivity contribution < 1.29 is 27.8 Å². The summed E-state index contributed by atoms with van der Waals surface area (Å²) in [5.41, 5.74) is 0.424. The largest absolute Gasteiger partial charge is 0.493 e. The predicted octanol–water partition coefficient (Wildman–Crippen LogP) is 5.72. The van der Waals surface area contributed by atoms with Gasteiger partial charge in [0.1, 0.15) is 41.2 Å². The van der Waals surface area contributed by atoms with E-state index in [2.05, 4.69) is 10.3 Å². The lowest BCUT2D eigenvalue weighted by Crippen LogP contribution is -2.24. The highest BCUT2D eigenvalue weighted by atomic mass is 19.1. The van der Waals surface area contributed by atoms with Gasteiger partial charge in [-0.1, -0.05) is 6.07 Å². The van der Waals surface area contributed by atoms with E-state index in [1.807, 2.05) is 6.07 Å². The summed E-state index contributed by atoms with van der Waals surface area (Å²) in [5.74, 6) is 0.361. The number of hydrogen-bond donors (Lipinski definition) is 1. The van der Waals surface area contributed by atoms with Gasteiger partial charge in [-0.25, -0.2) is 8.78 Å². The van der Waals surface area contributed by atoms with E-state index in [0.717, 1.165) is 12.1 Å². The molecule has 178 valence electrons. The predicted molar refractivity (Wildman–Crippen MR) is 122 cm³/mol. The molecule has 1 amide bonds. The fourth-order valence-electron chi connectivity index (χ4n) is 3.31. The summed E-state index contributed by atoms with van der Waals surface area (Å²) >= 11 is 0. The summed E-state index contributed by atoms with van der Waals surface area (Å²) in [6, 6.07) is 12.3. The van der Waals surface area contributed by atoms with Gasteiger partial charge in [0, 0.05) is 25.1 Å². The Hall–Kier alpha value is -3.68. The molecule has 6 nitrogen and oxygen atoms in total. The maximum atomic E-state index is 14.6. The zero-order valence-electron chi connectivity index (χ0n) is 19.0. The van der Waals surface area contributed by atoms with E-state index in [4.69, 9.17) is 14.2 Å². The number of nitrogens with one attached hydrogen (secondary N) is 1. The minimum atomic E-state index is -0.778. The third-order valence-electron chi connectivity index (χ3n) is 5.34. The molecular formula is C26H26F2N2O4. The van der Waals surface area contributed by atoms with Crippen LogP contribution < -0.4 is 19.5 Å². The van der Waals surface area contributed by atoms with Gasteiger partial charge in [0.2, 0.25) is 5.91 Å². The van der Waals surface area contributed by atoms with Gasteiger partial charge in [-0.3, -0.25) is 9.78 Å². The Balaban J connectivity index is 1.37. The number of carbonyl (C=O) groups excluding carboxylic acids is 1. The number of hydrogen-bond acceptors (Lipinski definition) is 5. The van der Waals surface area contributed by atoms with Crippen molar-refractivity contribution in [1.29, 1.82) is 0 Å². The monoisotopic (exact) mass is 468 g/mol. The second kappa shape index (κ2) is 10.5. The smallest absolute Gasteiger partial charge is 0.217 e. The second-order valence-electron chi connectivity index (χ2n) is 8.33. The molecule has 1 N–H and O–H groups in total. The van der Waals surface area contributed by atoms with E-state index in [1.165, 1.54) is 26.0 Å². The molecule has 1 atom stereocenters. The van der Waals surface area contributed by atoms with Gasteiger partial charge in [-0.05, 0) is 49.9 Å². The first-order chi connectivity index (χ1) is 16.4. The van der Waals surface area contributed by atoms with Crippen LogP contribution in [0.5, 0.6) is 23.0 Å². The van der Waals surface area contributed by atoms with E-state index < -0.39 is 11.6 Å². The lowest BCUT2D eigenvalue weighted by atomic mass is 10.2. The molecule has 8 heteroatoms. The topological polar surface area (TPSA) is 69.7 Å². The lowest BCUT2D eigenvalue weighted by molar-refractivity contribution is -0.119. The van der Waals surface area contributed by atoms with E-state index >= 15 is 0 Å². The van der Waals surface area contributed by atoms with Crippen molar-refractivity contribution in [1.82, 2.24) is 10.3 Å². The van der Waals surface area contributed by atoms with Crippen LogP contribution in [0.25, 0.3) is 0 Å². The van der Waals surface area contributed by atoms with E-state index in [1.54, 1.807) is 37.3 Å². The zero-order valence-corrected chi connectivity index (χ0v) is 19.0. The summed E-state index contributed by atoms with van der Waals surface area (Å²) in [6.07, 6.45) is 3.81. The van der Waals surface area contributed by atoms with Crippen LogP contribution in [0.2, 0.25) is 0 Å². The average molecular weight is 469 g/mol. The maximum Gasteiger partial charge on any atom is 0.217 e. The molecule has 1 aliphatic carbocycles. The van der Waals surface area contributed by atoms with Gasteiger partial charge >= 0.3 is 0 Å². The van der Waals surface area contributed by atoms with Crippen LogP contribution in [-0.2, 0) is 11.4 Å². The van der Waals surface area contributed by atoms with Gasteiger partial charge in [-0.2, -0.15) is 0 Å². The number of aromatic nitrogens is 1. The molecule has 1 aromatic heterocycles. The Morgan fingerprint density at radius 2 is 1.76 bits per heavy atom. The van der Waals surface area contributed by atoms with E-state index in [-0.39, 0.29) is 29.9 Å². The summed E-state index contributed by atoms with van der Waals surface area (Å²) in [5, 5.41) is 2.73. The van der Waals surface area contributed by atoms with Crippen LogP contribution in [0.15, 0.2) is 54.7 Å². The van der Waals surface area contributed by atoms with Gasteiger partial charge in [-0.15, -0.1) is 0 Å². The van der Waals surface area contributed by atoms with Crippen molar-refractivity contribution in [2.24, 2.45) is 5.92 Å². The summed E-state index contributed by atoms with van der Waals surface area (Å²) in [4.78, 5) is 15.4. The number of nitrogens with zero attached hydrogens (tertiary/aromatic N) is 1. The fourth-order valence-corrected chi connectivity index (χ4v) is 3.31. The number of ether oxygens (including phenoxy) is 3. The quantitative estimate of drug-likeness (QED) is 0.412. The van der Waals surface area contributed by atoms with Crippen LogP contribution in [-0.4, -0.2) is 17.5 Å². The molecule has 1 heterocycles. The van der Waals surface area contributed by atoms with Crippen molar-refractivity contribution in [3.05, 3.63) is 77.6 Å². The molecule has 2 aromatic carbocycles. The van der Waals surface area contributed by atoms with Gasteiger partial charge in [0.05, 0.1) is 30.1 Å². The molecule has 1 unspecified atom stereocenters. The van der Waals surface area contributed by atoms with Crippen LogP contribution >= 0.6 is 0 Å². The number of rotatable bonds is 10. The minimum Gasteiger partial charge on any atom is -0.493 e. The third kappa shape index (κ3) is 6.43. The maximum absolute atomic E-state index is 14.6. The highest BCUT2D eigenvalue weighted by molar-refractivity contribution is 5.73. The molecule has 0 spiro atoms. The minimum absolute atomic E-state index is 0.0380. The first kappa shape index (κ1) is 23.5. The standard InChI is InChI=1S/C26H26F2N2O4/c1-16(30-17(2)31)26-9-8-21(13-29-26)33-15-23-24(27)11-22(12-25(23)28)34-20-5-3-4-19(10-20)32-14-18-6-7-18/h3-5,8-13,16,18H,6-7,14-15H2,1-2H3,(H,30,31). The summed E-state index contributed by atoms with van der Waals surface area (Å²) in [7, 11) is 0. The SMILES string of the molecule is CC(=O)NC(C)c1ccc(OCc2c(F)cc(Oc3cccc(OCC4CC4)c3)cc2F)cn1. The highest BCUT2D eigenvalue weighted by Gasteiger charge is 2.22. The number of pyridine rings is 1. The molecule has 1 aliphatic rings. The first-order valence-corrected chi connectivity index (χ1v) is 11.1. The molecule has 0 bridgehead atoms. The number of halogens is 2. The Morgan fingerprint density at radius 1 is 1.03 bits per heavy atom. The second-order valence-corrected chi connectivity index (χ2v) is 8.33. The van der Waals surface area contributed by atoms with Crippen molar-refractivity contribution >= 4 is 5.91 Å². The van der Waals surface area contributed by atoms with Crippen LogP contribution in [0, 0.1) is 17.6 Å². The fraction of sp³-hybridized carbons (Fsp3) is 0.308. The number of amides is 1. The molecule has 1 fully saturated rings. The molecule has 4 rings (SSSR count). The van der Waals surface area contributed by atoms with Gasteiger partial charge in [0.15, 0.2) is 0 Å². The Kier molecular flexibility index (Phi) is 7.25.